The van der Waals surface area contributed by atoms with Crippen molar-refractivity contribution in [3.8, 4) is 28.7 Å². The molecule has 0 aromatic heterocycles. The molecule has 0 bridgehead atoms. The molecule has 0 aliphatic carbocycles. The van der Waals surface area contributed by atoms with Gasteiger partial charge in [0.15, 0.2) is 23.0 Å². The van der Waals surface area contributed by atoms with Crippen LogP contribution in [0, 0.1) is 0 Å². The van der Waals surface area contributed by atoms with E-state index < -0.39 is 11.9 Å². The maximum atomic E-state index is 13.1. The van der Waals surface area contributed by atoms with Gasteiger partial charge in [0, 0.05) is 25.1 Å². The van der Waals surface area contributed by atoms with E-state index in [9.17, 15) is 14.4 Å². The molecule has 2 aromatic carbocycles. The SMILES string of the molecule is COc1cc(/C=C/C(=O)N2CCCC(=Cc3cc(OC)c(OC)c(OC)c3)C2=O)ccc1OC(C)=O. The normalized spacial score (nSPS) is 14.6. The van der Waals surface area contributed by atoms with Crippen LogP contribution in [0.3, 0.4) is 0 Å². The Bertz CT molecular complexity index is 1190. The fourth-order valence-corrected chi connectivity index (χ4v) is 3.82. The van der Waals surface area contributed by atoms with Gasteiger partial charge in [0.2, 0.25) is 5.75 Å². The number of hydrogen-bond donors (Lipinski definition) is 0. The number of imide groups is 1. The smallest absolute Gasteiger partial charge is 0.308 e. The Hall–Kier alpha value is -4.27. The largest absolute Gasteiger partial charge is 0.493 e. The fraction of sp³-hybridized carbons (Fsp3) is 0.296. The molecule has 0 unspecified atom stereocenters. The molecule has 0 saturated carbocycles. The molecule has 1 heterocycles. The number of piperidine rings is 1. The van der Waals surface area contributed by atoms with Crippen LogP contribution in [0.25, 0.3) is 12.2 Å². The molecule has 3 rings (SSSR count). The third kappa shape index (κ3) is 6.04. The third-order valence-electron chi connectivity index (χ3n) is 5.50. The van der Waals surface area contributed by atoms with Gasteiger partial charge in [0.1, 0.15) is 0 Å². The second-order valence-corrected chi connectivity index (χ2v) is 7.86. The molecular weight excluding hydrogens is 466 g/mol. The van der Waals surface area contributed by atoms with Crippen molar-refractivity contribution in [2.45, 2.75) is 19.8 Å². The van der Waals surface area contributed by atoms with Crippen molar-refractivity contribution in [1.29, 1.82) is 0 Å². The minimum Gasteiger partial charge on any atom is -0.493 e. The first-order valence-electron chi connectivity index (χ1n) is 11.2. The van der Waals surface area contributed by atoms with E-state index in [2.05, 4.69) is 0 Å². The molecule has 1 saturated heterocycles. The molecule has 1 aliphatic rings. The standard InChI is InChI=1S/C27H29NO8/c1-17(29)36-21-10-8-18(14-22(21)32-2)9-11-25(30)28-12-6-7-20(27(28)31)13-19-15-23(33-3)26(35-5)24(16-19)34-4/h8-11,13-16H,6-7,12H2,1-5H3/b11-9+,20-13?. The zero-order valence-electron chi connectivity index (χ0n) is 21.0. The van der Waals surface area contributed by atoms with Crippen LogP contribution in [-0.2, 0) is 14.4 Å². The summed E-state index contributed by atoms with van der Waals surface area (Å²) >= 11 is 0. The predicted octanol–water partition coefficient (Wildman–Crippen LogP) is 3.89. The summed E-state index contributed by atoms with van der Waals surface area (Å²) in [5, 5.41) is 0. The summed E-state index contributed by atoms with van der Waals surface area (Å²) in [6.45, 7) is 1.62. The second-order valence-electron chi connectivity index (χ2n) is 7.86. The Morgan fingerprint density at radius 3 is 2.08 bits per heavy atom. The Labute approximate surface area is 209 Å². The van der Waals surface area contributed by atoms with Crippen molar-refractivity contribution in [3.63, 3.8) is 0 Å². The van der Waals surface area contributed by atoms with Gasteiger partial charge in [-0.15, -0.1) is 0 Å². The number of methoxy groups -OCH3 is 4. The van der Waals surface area contributed by atoms with Crippen molar-refractivity contribution in [2.24, 2.45) is 0 Å². The summed E-state index contributed by atoms with van der Waals surface area (Å²) in [6, 6.07) is 8.38. The summed E-state index contributed by atoms with van der Waals surface area (Å²) in [5.41, 5.74) is 1.84. The fourth-order valence-electron chi connectivity index (χ4n) is 3.82. The molecular formula is C27H29NO8. The molecule has 1 aliphatic heterocycles. The Balaban J connectivity index is 1.80. The summed E-state index contributed by atoms with van der Waals surface area (Å²) < 4.78 is 26.5. The lowest BCUT2D eigenvalue weighted by atomic mass is 10.00. The molecule has 2 aromatic rings. The van der Waals surface area contributed by atoms with Gasteiger partial charge in [-0.1, -0.05) is 6.07 Å². The number of carbonyl (C=O) groups is 3. The van der Waals surface area contributed by atoms with Crippen LogP contribution in [0.2, 0.25) is 0 Å². The van der Waals surface area contributed by atoms with Gasteiger partial charge in [-0.25, -0.2) is 0 Å². The van der Waals surface area contributed by atoms with Crippen molar-refractivity contribution < 1.29 is 38.1 Å². The molecule has 0 radical (unpaired) electrons. The molecule has 36 heavy (non-hydrogen) atoms. The number of amides is 2. The summed E-state index contributed by atoms with van der Waals surface area (Å²) in [5.74, 6) is 0.773. The molecule has 0 atom stereocenters. The molecule has 190 valence electrons. The van der Waals surface area contributed by atoms with E-state index in [1.807, 2.05) is 0 Å². The lowest BCUT2D eigenvalue weighted by Crippen LogP contribution is -2.40. The number of likely N-dealkylation sites (tertiary alicyclic amines) is 1. The number of nitrogens with zero attached hydrogens (tertiary/aromatic N) is 1. The quantitative estimate of drug-likeness (QED) is 0.309. The zero-order chi connectivity index (χ0) is 26.2. The first-order chi connectivity index (χ1) is 17.3. The average molecular weight is 496 g/mol. The average Bonchev–Trinajstić information content (AvgIpc) is 2.88. The number of benzene rings is 2. The summed E-state index contributed by atoms with van der Waals surface area (Å²) in [4.78, 5) is 38.4. The highest BCUT2D eigenvalue weighted by Gasteiger charge is 2.27. The topological polar surface area (TPSA) is 101 Å². The predicted molar refractivity (Wildman–Crippen MR) is 133 cm³/mol. The zero-order valence-corrected chi connectivity index (χ0v) is 21.0. The van der Waals surface area contributed by atoms with Crippen LogP contribution in [0.15, 0.2) is 42.0 Å². The molecule has 1 fully saturated rings. The number of esters is 1. The van der Waals surface area contributed by atoms with E-state index in [1.54, 1.807) is 42.5 Å². The molecule has 0 spiro atoms. The summed E-state index contributed by atoms with van der Waals surface area (Å²) in [6.07, 6.45) is 5.83. The number of ether oxygens (including phenoxy) is 5. The summed E-state index contributed by atoms with van der Waals surface area (Å²) in [7, 11) is 6.01. The Morgan fingerprint density at radius 1 is 0.861 bits per heavy atom. The van der Waals surface area contributed by atoms with Crippen LogP contribution in [-0.4, -0.2) is 57.7 Å². The molecule has 9 heteroatoms. The number of hydrogen-bond acceptors (Lipinski definition) is 8. The highest BCUT2D eigenvalue weighted by molar-refractivity contribution is 6.11. The van der Waals surface area contributed by atoms with E-state index >= 15 is 0 Å². The number of carbonyl (C=O) groups excluding carboxylic acids is 3. The molecule has 2 amide bonds. The van der Waals surface area contributed by atoms with Crippen LogP contribution in [0.5, 0.6) is 28.7 Å². The number of rotatable bonds is 8. The van der Waals surface area contributed by atoms with E-state index in [0.717, 1.165) is 0 Å². The van der Waals surface area contributed by atoms with Gasteiger partial charge < -0.3 is 23.7 Å². The monoisotopic (exact) mass is 495 g/mol. The van der Waals surface area contributed by atoms with E-state index in [-0.39, 0.29) is 11.7 Å². The molecule has 0 N–H and O–H groups in total. The van der Waals surface area contributed by atoms with Crippen molar-refractivity contribution >= 4 is 29.9 Å². The van der Waals surface area contributed by atoms with Gasteiger partial charge in [-0.05, 0) is 60.4 Å². The van der Waals surface area contributed by atoms with Gasteiger partial charge >= 0.3 is 5.97 Å². The Morgan fingerprint density at radius 2 is 1.50 bits per heavy atom. The van der Waals surface area contributed by atoms with Crippen LogP contribution < -0.4 is 23.7 Å². The van der Waals surface area contributed by atoms with Gasteiger partial charge in [-0.2, -0.15) is 0 Å². The van der Waals surface area contributed by atoms with Crippen molar-refractivity contribution in [3.05, 3.63) is 53.1 Å². The van der Waals surface area contributed by atoms with Crippen molar-refractivity contribution in [1.82, 2.24) is 4.90 Å². The highest BCUT2D eigenvalue weighted by atomic mass is 16.6. The van der Waals surface area contributed by atoms with Crippen LogP contribution in [0.4, 0.5) is 0 Å². The maximum absolute atomic E-state index is 13.1. The van der Waals surface area contributed by atoms with Gasteiger partial charge in [-0.3, -0.25) is 19.3 Å². The van der Waals surface area contributed by atoms with E-state index in [0.29, 0.717) is 59.1 Å². The molecule has 9 nitrogen and oxygen atoms in total. The lowest BCUT2D eigenvalue weighted by molar-refractivity contribution is -0.140. The highest BCUT2D eigenvalue weighted by Crippen LogP contribution is 2.39. The third-order valence-corrected chi connectivity index (χ3v) is 5.50. The maximum Gasteiger partial charge on any atom is 0.308 e. The minimum atomic E-state index is -0.467. The first-order valence-corrected chi connectivity index (χ1v) is 11.2. The van der Waals surface area contributed by atoms with Crippen LogP contribution >= 0.6 is 0 Å². The van der Waals surface area contributed by atoms with Crippen LogP contribution in [0.1, 0.15) is 30.9 Å². The van der Waals surface area contributed by atoms with E-state index in [4.69, 9.17) is 23.7 Å². The Kier molecular flexibility index (Phi) is 8.72. The second kappa shape index (κ2) is 11.9. The van der Waals surface area contributed by atoms with Gasteiger partial charge in [0.05, 0.1) is 28.4 Å². The lowest BCUT2D eigenvalue weighted by Gasteiger charge is -2.26. The van der Waals surface area contributed by atoms with Crippen molar-refractivity contribution in [2.75, 3.05) is 35.0 Å². The first kappa shape index (κ1) is 26.3. The van der Waals surface area contributed by atoms with E-state index in [1.165, 1.54) is 46.3 Å². The minimum absolute atomic E-state index is 0.279. The van der Waals surface area contributed by atoms with Gasteiger partial charge in [0.25, 0.3) is 11.8 Å².